The molecule has 0 radical (unpaired) electrons. The van der Waals surface area contributed by atoms with Crippen molar-refractivity contribution in [3.8, 4) is 0 Å². The molecule has 2 amide bonds. The van der Waals surface area contributed by atoms with E-state index < -0.39 is 29.2 Å². The number of fused-ring (bicyclic) bond motifs is 2. The van der Waals surface area contributed by atoms with Crippen LogP contribution in [0.1, 0.15) is 35.4 Å². The Bertz CT molecular complexity index is 2040. The van der Waals surface area contributed by atoms with Gasteiger partial charge >= 0.3 is 5.65 Å². The zero-order chi connectivity index (χ0) is 34.4. The summed E-state index contributed by atoms with van der Waals surface area (Å²) in [7, 11) is 1.25. The van der Waals surface area contributed by atoms with Crippen LogP contribution < -0.4 is 20.7 Å². The van der Waals surface area contributed by atoms with Crippen LogP contribution in [0, 0.1) is 5.41 Å². The van der Waals surface area contributed by atoms with Crippen molar-refractivity contribution in [3.05, 3.63) is 67.8 Å². The van der Waals surface area contributed by atoms with Crippen LogP contribution in [0.2, 0.25) is 4.34 Å². The normalized spacial score (nSPS) is 19.6. The molecule has 3 aliphatic rings. The number of carboxylic acid groups (broad SMARTS) is 1. The fraction of sp³-hybridized carbons (Fsp3) is 0.367. The summed E-state index contributed by atoms with van der Waals surface area (Å²) in [6, 6.07) is 3.01. The van der Waals surface area contributed by atoms with E-state index in [0.29, 0.717) is 23.7 Å². The molecular formula is C30H31ClN10O5S3. The van der Waals surface area contributed by atoms with E-state index in [1.807, 2.05) is 39.2 Å². The lowest BCUT2D eigenvalue weighted by molar-refractivity contribution is -0.661. The van der Waals surface area contributed by atoms with Crippen LogP contribution in [0.4, 0.5) is 5.13 Å². The van der Waals surface area contributed by atoms with Gasteiger partial charge in [-0.2, -0.15) is 0 Å². The number of β-lactam (4-membered cyclic amide) rings is 1. The lowest BCUT2D eigenvalue weighted by atomic mass is 10.0. The molecule has 19 heteroatoms. The van der Waals surface area contributed by atoms with Crippen molar-refractivity contribution in [2.24, 2.45) is 5.16 Å². The second kappa shape index (κ2) is 13.5. The number of anilines is 1. The van der Waals surface area contributed by atoms with Gasteiger partial charge in [-0.25, -0.2) is 14.2 Å². The molecule has 2 saturated heterocycles. The number of rotatable bonds is 10. The number of nitrogens with one attached hydrogen (secondary N) is 2. The first-order valence-electron chi connectivity index (χ1n) is 15.3. The van der Waals surface area contributed by atoms with Crippen LogP contribution in [0.25, 0.3) is 5.65 Å². The van der Waals surface area contributed by atoms with Gasteiger partial charge in [0.05, 0.1) is 30.5 Å². The number of halogens is 1. The number of thiophene rings is 1. The first kappa shape index (κ1) is 33.1. The van der Waals surface area contributed by atoms with E-state index in [-0.39, 0.29) is 33.1 Å². The molecule has 0 aliphatic carbocycles. The van der Waals surface area contributed by atoms with Gasteiger partial charge in [0.2, 0.25) is 0 Å². The Morgan fingerprint density at radius 3 is 2.80 bits per heavy atom. The number of imidazole rings is 1. The van der Waals surface area contributed by atoms with Crippen molar-refractivity contribution in [1.82, 2.24) is 29.3 Å². The summed E-state index contributed by atoms with van der Waals surface area (Å²) in [6.07, 6.45) is 9.18. The number of thioether (sulfide) groups is 1. The molecular weight excluding hydrogens is 712 g/mol. The fourth-order valence-electron chi connectivity index (χ4n) is 6.31. The van der Waals surface area contributed by atoms with E-state index in [4.69, 9.17) is 27.6 Å². The Balaban J connectivity index is 1.05. The van der Waals surface area contributed by atoms with Gasteiger partial charge < -0.3 is 30.7 Å². The molecule has 2 atom stereocenters. The number of piperidine rings is 1. The maximum absolute atomic E-state index is 13.3. The number of nitrogens with two attached hydrogens (primary N) is 1. The first-order valence-corrected chi connectivity index (χ1v) is 18.5. The van der Waals surface area contributed by atoms with Crippen LogP contribution in [0.5, 0.6) is 0 Å². The van der Waals surface area contributed by atoms with Crippen molar-refractivity contribution >= 4 is 86.1 Å². The first-order chi connectivity index (χ1) is 23.6. The molecule has 0 unspecified atom stereocenters. The van der Waals surface area contributed by atoms with E-state index >= 15 is 0 Å². The molecule has 7 rings (SSSR count). The summed E-state index contributed by atoms with van der Waals surface area (Å²) in [6.45, 7) is 2.68. The Morgan fingerprint density at radius 2 is 2.08 bits per heavy atom. The number of thiazole rings is 1. The highest BCUT2D eigenvalue weighted by Crippen LogP contribution is 2.40. The number of nitrogen functional groups attached to an aromatic ring is 1. The number of carboxylic acids is 1. The van der Waals surface area contributed by atoms with Crippen molar-refractivity contribution < 1.29 is 28.9 Å². The highest BCUT2D eigenvalue weighted by Gasteiger charge is 2.53. The molecule has 256 valence electrons. The number of hydrogen-bond acceptors (Lipinski definition) is 12. The van der Waals surface area contributed by atoms with Gasteiger partial charge in [-0.05, 0) is 30.9 Å². The minimum atomic E-state index is -1.47. The zero-order valence-corrected chi connectivity index (χ0v) is 29.3. The second-order valence-electron chi connectivity index (χ2n) is 11.6. The maximum atomic E-state index is 13.3. The van der Waals surface area contributed by atoms with E-state index in [9.17, 15) is 19.5 Å². The molecule has 4 aromatic heterocycles. The monoisotopic (exact) mass is 742 g/mol. The molecule has 0 saturated carbocycles. The Kier molecular flexibility index (Phi) is 9.12. The van der Waals surface area contributed by atoms with Crippen molar-refractivity contribution in [1.29, 1.82) is 5.41 Å². The molecule has 0 aromatic carbocycles. The smallest absolute Gasteiger partial charge is 0.307 e. The van der Waals surface area contributed by atoms with Gasteiger partial charge in [-0.15, -0.1) is 27.6 Å². The largest absolute Gasteiger partial charge is 0.543 e. The van der Waals surface area contributed by atoms with Crippen LogP contribution >= 0.6 is 46.0 Å². The minimum Gasteiger partial charge on any atom is -0.543 e. The van der Waals surface area contributed by atoms with E-state index in [1.165, 1.54) is 25.3 Å². The third kappa shape index (κ3) is 6.17. The molecule has 0 bridgehead atoms. The standard InChI is InChI=1S/C30H31ClN10O5S3/c1-46-36-21(20-24(31)49-30(33)35-20)26(42)34-22-27(43)41-23(29(44)45)17(15-48-28(22)41)12-39-8-5-19-38(9-10-40(19)39)13-18-11-16(14-47-18)25(32)37-6-3-2-4-7-37/h5,8-11,14,22,28,32H,2-4,6-7,12-13,15H2,1H3,(H3-,33,34,35,42,44,45)/b32-25?,36-21-/t22-,28-/m1/s1. The summed E-state index contributed by atoms with van der Waals surface area (Å²) in [5.41, 5.74) is 7.60. The molecule has 4 aromatic rings. The van der Waals surface area contributed by atoms with Crippen molar-refractivity contribution in [3.63, 3.8) is 0 Å². The van der Waals surface area contributed by atoms with Gasteiger partial charge in [-0.3, -0.25) is 19.9 Å². The maximum Gasteiger partial charge on any atom is 0.307 e. The van der Waals surface area contributed by atoms with E-state index in [2.05, 4.69) is 31.0 Å². The summed E-state index contributed by atoms with van der Waals surface area (Å²) >= 11 is 10.1. The number of hydrogen-bond donors (Lipinski definition) is 3. The lowest BCUT2D eigenvalue weighted by Crippen LogP contribution is -2.71. The van der Waals surface area contributed by atoms with E-state index in [0.717, 1.165) is 58.3 Å². The van der Waals surface area contributed by atoms with Crippen molar-refractivity contribution in [2.75, 3.05) is 31.7 Å². The number of aromatic nitrogens is 4. The van der Waals surface area contributed by atoms with Crippen LogP contribution in [0.15, 0.2) is 52.5 Å². The van der Waals surface area contributed by atoms with Crippen LogP contribution in [0.3, 0.4) is 0 Å². The number of carbonyl (C=O) groups is 3. The molecule has 7 heterocycles. The fourth-order valence-corrected chi connectivity index (χ4v) is 9.44. The van der Waals surface area contributed by atoms with Crippen LogP contribution in [-0.4, -0.2) is 90.7 Å². The topological polar surface area (TPSA) is 190 Å². The molecule has 4 N–H and O–H groups in total. The number of amidine groups is 1. The number of likely N-dealkylation sites (tertiary alicyclic amines) is 1. The molecule has 49 heavy (non-hydrogen) atoms. The van der Waals surface area contributed by atoms with Gasteiger partial charge in [0.25, 0.3) is 11.8 Å². The Hall–Kier alpha value is -4.39. The van der Waals surface area contributed by atoms with Gasteiger partial charge in [-0.1, -0.05) is 28.1 Å². The average molecular weight is 743 g/mol. The number of amides is 2. The number of aliphatic carboxylic acids is 1. The average Bonchev–Trinajstić information content (AvgIpc) is 3.89. The third-order valence-corrected chi connectivity index (χ3v) is 12.0. The summed E-state index contributed by atoms with van der Waals surface area (Å²) in [5.74, 6) is -1.97. The predicted octanol–water partition coefficient (Wildman–Crippen LogP) is 1.10. The van der Waals surface area contributed by atoms with Crippen LogP contribution in [-0.2, 0) is 32.3 Å². The second-order valence-corrected chi connectivity index (χ2v) is 15.4. The highest BCUT2D eigenvalue weighted by atomic mass is 35.5. The molecule has 3 aliphatic heterocycles. The number of oxime groups is 1. The highest BCUT2D eigenvalue weighted by molar-refractivity contribution is 8.00. The lowest BCUT2D eigenvalue weighted by Gasteiger charge is -2.50. The zero-order valence-electron chi connectivity index (χ0n) is 26.1. The number of carbonyl (C=O) groups excluding carboxylic acids is 3. The SMILES string of the molecule is CO/N=C(\C(=O)N[C@@H]1C(=O)N2C(C(=O)[O-])=C(Cn3ccc4n3cc[n+]4Cc3cc(C(=N)N4CCCCC4)cs3)CS[C@H]12)c1nc(N)sc1Cl. The van der Waals surface area contributed by atoms with Gasteiger partial charge in [0.1, 0.15) is 47.1 Å². The summed E-state index contributed by atoms with van der Waals surface area (Å²) in [4.78, 5) is 52.2. The Morgan fingerprint density at radius 1 is 1.29 bits per heavy atom. The summed E-state index contributed by atoms with van der Waals surface area (Å²) < 4.78 is 6.02. The van der Waals surface area contributed by atoms with Crippen molar-refractivity contribution in [2.45, 2.75) is 43.8 Å². The van der Waals surface area contributed by atoms with Gasteiger partial charge in [0.15, 0.2) is 17.0 Å². The number of nitrogens with zero attached hydrogens (tertiary/aromatic N) is 7. The molecule has 0 spiro atoms. The molecule has 15 nitrogen and oxygen atoms in total. The quantitative estimate of drug-likeness (QED) is 0.0703. The van der Waals surface area contributed by atoms with E-state index in [1.54, 1.807) is 11.3 Å². The minimum absolute atomic E-state index is 0.0129. The summed E-state index contributed by atoms with van der Waals surface area (Å²) in [5, 5.41) is 28.9. The van der Waals surface area contributed by atoms with Gasteiger partial charge in [0, 0.05) is 34.7 Å². The molecule has 2 fully saturated rings. The Labute approximate surface area is 297 Å². The predicted molar refractivity (Wildman–Crippen MR) is 183 cm³/mol. The third-order valence-electron chi connectivity index (χ3n) is 8.62.